The molecule has 0 aromatic heterocycles. The van der Waals surface area contributed by atoms with Gasteiger partial charge in [-0.15, -0.1) is 0 Å². The van der Waals surface area contributed by atoms with Crippen LogP contribution in [0.4, 0.5) is 0 Å². The summed E-state index contributed by atoms with van der Waals surface area (Å²) < 4.78 is 52.7. The number of aliphatic hydroxyl groups excluding tert-OH is 1. The summed E-state index contributed by atoms with van der Waals surface area (Å²) in [6.45, 7) is 32.7. The lowest BCUT2D eigenvalue weighted by molar-refractivity contribution is -0.334. The van der Waals surface area contributed by atoms with E-state index in [1.807, 2.05) is 56.3 Å². The summed E-state index contributed by atoms with van der Waals surface area (Å²) in [5, 5.41) is 12.3. The highest BCUT2D eigenvalue weighted by atomic mass is 28.4. The average Bonchev–Trinajstić information content (AvgIpc) is 3.36. The van der Waals surface area contributed by atoms with Crippen LogP contribution in [0.25, 0.3) is 0 Å². The summed E-state index contributed by atoms with van der Waals surface area (Å²) in [5.74, 6) is -0.769. The van der Waals surface area contributed by atoms with Crippen molar-refractivity contribution in [3.05, 3.63) is 77.9 Å². The van der Waals surface area contributed by atoms with Gasteiger partial charge in [0.1, 0.15) is 11.9 Å². The lowest BCUT2D eigenvalue weighted by atomic mass is 9.72. The van der Waals surface area contributed by atoms with Gasteiger partial charge in [0.15, 0.2) is 19.9 Å². The normalized spacial score (nSPS) is 31.2. The van der Waals surface area contributed by atoms with Crippen LogP contribution in [0, 0.1) is 23.2 Å². The van der Waals surface area contributed by atoms with E-state index in [4.69, 9.17) is 37.6 Å². The van der Waals surface area contributed by atoms with Crippen LogP contribution in [-0.4, -0.2) is 81.9 Å². The molecule has 57 heavy (non-hydrogen) atoms. The fourth-order valence-corrected chi connectivity index (χ4v) is 9.83. The molecule has 2 aromatic rings. The molecular weight excluding hydrogens is 737 g/mol. The van der Waals surface area contributed by atoms with Gasteiger partial charge >= 0.3 is 0 Å². The molecule has 0 radical (unpaired) electrons. The minimum Gasteiger partial charge on any atom is -0.497 e. The molecule has 3 saturated heterocycles. The van der Waals surface area contributed by atoms with Crippen LogP contribution in [0.1, 0.15) is 99.6 Å². The Kier molecular flexibility index (Phi) is 14.7. The van der Waals surface area contributed by atoms with Gasteiger partial charge in [-0.05, 0) is 68.1 Å². The zero-order valence-corrected chi connectivity index (χ0v) is 38.3. The summed E-state index contributed by atoms with van der Waals surface area (Å²) >= 11 is 0. The standard InChI is InChI=1S/C47H74O9Si/c1-31(33(3)41-32(2)28-52-46(10,11)54-41)26-38(48)42-43(51-30-36-20-22-37(49-12)23-21-36)45(8,9)47(55-42)27-40(56-57(13,14)44(5,6)7)34(4)39(53-47)24-25-50-29-35-18-16-15-17-19-35/h15-23,32-34,38-43,48H,1,24-30H2,2-14H3/t32-,33+,34-,38+,39+,40-,41-,42-,43+,47-/m0/s1. The molecule has 10 atom stereocenters. The van der Waals surface area contributed by atoms with Crippen molar-refractivity contribution >= 4 is 8.32 Å². The van der Waals surface area contributed by atoms with E-state index in [2.05, 4.69) is 87.2 Å². The molecule has 3 heterocycles. The number of ether oxygens (including phenoxy) is 7. The minimum absolute atomic E-state index is 0.0131. The Morgan fingerprint density at radius 3 is 2.21 bits per heavy atom. The van der Waals surface area contributed by atoms with Crippen LogP contribution >= 0.6 is 0 Å². The lowest BCUT2D eigenvalue weighted by Gasteiger charge is -2.53. The molecular formula is C47H74O9Si. The van der Waals surface area contributed by atoms with Crippen molar-refractivity contribution in [3.63, 3.8) is 0 Å². The zero-order valence-electron chi connectivity index (χ0n) is 37.3. The fourth-order valence-electron chi connectivity index (χ4n) is 8.43. The third-order valence-corrected chi connectivity index (χ3v) is 18.0. The molecule has 1 N–H and O–H groups in total. The van der Waals surface area contributed by atoms with Gasteiger partial charge in [-0.2, -0.15) is 0 Å². The van der Waals surface area contributed by atoms with E-state index in [0.717, 1.165) is 22.4 Å². The quantitative estimate of drug-likeness (QED) is 0.101. The highest BCUT2D eigenvalue weighted by molar-refractivity contribution is 6.74. The van der Waals surface area contributed by atoms with Crippen molar-refractivity contribution in [1.82, 2.24) is 0 Å². The first kappa shape index (κ1) is 46.0. The molecule has 2 aromatic carbocycles. The molecule has 320 valence electrons. The van der Waals surface area contributed by atoms with Gasteiger partial charge in [-0.3, -0.25) is 0 Å². The summed E-state index contributed by atoms with van der Waals surface area (Å²) in [6, 6.07) is 18.1. The number of aliphatic hydroxyl groups is 1. The maximum absolute atomic E-state index is 12.3. The van der Waals surface area contributed by atoms with E-state index in [-0.39, 0.29) is 41.1 Å². The van der Waals surface area contributed by atoms with Crippen LogP contribution in [0.2, 0.25) is 18.1 Å². The molecule has 0 unspecified atom stereocenters. The Morgan fingerprint density at radius 1 is 0.930 bits per heavy atom. The van der Waals surface area contributed by atoms with Crippen LogP contribution in [-0.2, 0) is 46.1 Å². The van der Waals surface area contributed by atoms with E-state index in [1.54, 1.807) is 7.11 Å². The molecule has 9 nitrogen and oxygen atoms in total. The summed E-state index contributed by atoms with van der Waals surface area (Å²) in [7, 11) is -0.553. The van der Waals surface area contributed by atoms with E-state index in [0.29, 0.717) is 45.7 Å². The largest absolute Gasteiger partial charge is 0.497 e. The maximum Gasteiger partial charge on any atom is 0.192 e. The van der Waals surface area contributed by atoms with Crippen molar-refractivity contribution in [2.24, 2.45) is 23.2 Å². The second-order valence-corrected chi connectivity index (χ2v) is 24.3. The number of rotatable bonds is 16. The van der Waals surface area contributed by atoms with Gasteiger partial charge < -0.3 is 42.7 Å². The molecule has 3 fully saturated rings. The van der Waals surface area contributed by atoms with Gasteiger partial charge in [-0.25, -0.2) is 0 Å². The Balaban J connectivity index is 1.44. The first-order chi connectivity index (χ1) is 26.6. The van der Waals surface area contributed by atoms with Crippen LogP contribution in [0.5, 0.6) is 5.75 Å². The smallest absolute Gasteiger partial charge is 0.192 e. The molecule has 1 spiro atoms. The van der Waals surface area contributed by atoms with Crippen molar-refractivity contribution in [1.29, 1.82) is 0 Å². The lowest BCUT2D eigenvalue weighted by Crippen LogP contribution is -2.60. The molecule has 5 rings (SSSR count). The minimum atomic E-state index is -2.22. The predicted molar refractivity (Wildman–Crippen MR) is 227 cm³/mol. The summed E-state index contributed by atoms with van der Waals surface area (Å²) in [6.07, 6.45) is -1.08. The van der Waals surface area contributed by atoms with Gasteiger partial charge in [-0.1, -0.05) is 110 Å². The number of methoxy groups -OCH3 is 1. The summed E-state index contributed by atoms with van der Waals surface area (Å²) in [4.78, 5) is 0. The third kappa shape index (κ3) is 10.6. The first-order valence-corrected chi connectivity index (χ1v) is 24.1. The van der Waals surface area contributed by atoms with Crippen molar-refractivity contribution < 1.29 is 42.7 Å². The Labute approximate surface area is 345 Å². The number of hydrogen-bond acceptors (Lipinski definition) is 9. The van der Waals surface area contributed by atoms with Crippen molar-refractivity contribution in [3.8, 4) is 5.75 Å². The Morgan fingerprint density at radius 2 is 1.58 bits per heavy atom. The van der Waals surface area contributed by atoms with E-state index >= 15 is 0 Å². The maximum atomic E-state index is 12.3. The van der Waals surface area contributed by atoms with Crippen molar-refractivity contribution in [2.45, 2.75) is 168 Å². The molecule has 0 aliphatic carbocycles. The van der Waals surface area contributed by atoms with Crippen LogP contribution < -0.4 is 4.74 Å². The zero-order chi connectivity index (χ0) is 42.0. The monoisotopic (exact) mass is 811 g/mol. The number of benzene rings is 2. The molecule has 0 saturated carbocycles. The highest BCUT2D eigenvalue weighted by Gasteiger charge is 2.67. The van der Waals surface area contributed by atoms with E-state index in [9.17, 15) is 5.11 Å². The first-order valence-electron chi connectivity index (χ1n) is 21.2. The predicted octanol–water partition coefficient (Wildman–Crippen LogP) is 9.85. The Bertz CT molecular complexity index is 1590. The van der Waals surface area contributed by atoms with E-state index in [1.165, 1.54) is 0 Å². The van der Waals surface area contributed by atoms with Gasteiger partial charge in [0, 0.05) is 36.2 Å². The third-order valence-electron chi connectivity index (χ3n) is 13.5. The molecule has 0 bridgehead atoms. The second kappa shape index (κ2) is 18.2. The van der Waals surface area contributed by atoms with Crippen LogP contribution in [0.3, 0.4) is 0 Å². The molecule has 10 heteroatoms. The molecule has 0 amide bonds. The van der Waals surface area contributed by atoms with Gasteiger partial charge in [0.2, 0.25) is 0 Å². The van der Waals surface area contributed by atoms with Crippen molar-refractivity contribution in [2.75, 3.05) is 20.3 Å². The van der Waals surface area contributed by atoms with E-state index < -0.39 is 43.6 Å². The fraction of sp³-hybridized carbons (Fsp3) is 0.702. The SMILES string of the molecule is C=C(C[C@@H](O)[C@@H]1O[C@@]2(C[C@H](O[Si](C)(C)C(C)(C)C)[C@@H](C)[C@@H](CCOCc3ccccc3)O2)C(C)(C)[C@@H]1OCc1ccc(OC)cc1)[C@@H](C)[C@H]1OC(C)(C)OC[C@@H]1C. The second-order valence-electron chi connectivity index (χ2n) is 19.6. The van der Waals surface area contributed by atoms with Gasteiger partial charge in [0.25, 0.3) is 0 Å². The molecule has 3 aliphatic rings. The average molecular weight is 811 g/mol. The highest BCUT2D eigenvalue weighted by Crippen LogP contribution is 2.57. The topological polar surface area (TPSA) is 94.1 Å². The molecule has 3 aliphatic heterocycles. The Hall–Kier alpha value is -2.12. The number of hydrogen-bond donors (Lipinski definition) is 1. The van der Waals surface area contributed by atoms with Crippen LogP contribution in [0.15, 0.2) is 66.7 Å². The summed E-state index contributed by atoms with van der Waals surface area (Å²) in [5.41, 5.74) is 2.34. The van der Waals surface area contributed by atoms with Gasteiger partial charge in [0.05, 0.1) is 57.5 Å².